The van der Waals surface area contributed by atoms with Gasteiger partial charge in [-0.05, 0) is 42.3 Å². The Labute approximate surface area is 160 Å². The molecule has 3 heterocycles. The highest BCUT2D eigenvalue weighted by molar-refractivity contribution is 5.51. The van der Waals surface area contributed by atoms with E-state index >= 15 is 0 Å². The first-order chi connectivity index (χ1) is 13.5. The SMILES string of the molecule is Cc1cc(C#N)cnc1N1CCc2ncc(Oc3ccc(F)cc3F)cc2C1. The topological polar surface area (TPSA) is 62.0 Å². The van der Waals surface area contributed by atoms with Gasteiger partial charge in [0.15, 0.2) is 11.6 Å². The second-order valence-corrected chi connectivity index (χ2v) is 6.60. The number of hydrogen-bond acceptors (Lipinski definition) is 5. The Bertz CT molecular complexity index is 1090. The van der Waals surface area contributed by atoms with Gasteiger partial charge in [0.2, 0.25) is 0 Å². The van der Waals surface area contributed by atoms with Crippen molar-refractivity contribution in [3.05, 3.63) is 76.7 Å². The van der Waals surface area contributed by atoms with Crippen molar-refractivity contribution >= 4 is 5.82 Å². The zero-order valence-corrected chi connectivity index (χ0v) is 15.1. The first kappa shape index (κ1) is 17.9. The molecule has 0 saturated carbocycles. The van der Waals surface area contributed by atoms with Crippen LogP contribution in [-0.2, 0) is 13.0 Å². The van der Waals surface area contributed by atoms with Gasteiger partial charge in [-0.3, -0.25) is 4.98 Å². The molecular weight excluding hydrogens is 362 g/mol. The number of pyridine rings is 2. The zero-order chi connectivity index (χ0) is 19.7. The first-order valence-corrected chi connectivity index (χ1v) is 8.76. The second kappa shape index (κ2) is 7.24. The molecule has 0 spiro atoms. The van der Waals surface area contributed by atoms with Gasteiger partial charge >= 0.3 is 0 Å². The van der Waals surface area contributed by atoms with Gasteiger partial charge in [0.05, 0.1) is 11.8 Å². The minimum Gasteiger partial charge on any atom is -0.453 e. The Morgan fingerprint density at radius 1 is 1.14 bits per heavy atom. The first-order valence-electron chi connectivity index (χ1n) is 8.76. The predicted octanol–water partition coefficient (Wildman–Crippen LogP) is 4.29. The van der Waals surface area contributed by atoms with Crippen LogP contribution in [0.25, 0.3) is 0 Å². The highest BCUT2D eigenvalue weighted by atomic mass is 19.1. The molecule has 5 nitrogen and oxygen atoms in total. The summed E-state index contributed by atoms with van der Waals surface area (Å²) in [5.74, 6) is -0.275. The maximum atomic E-state index is 13.8. The summed E-state index contributed by atoms with van der Waals surface area (Å²) >= 11 is 0. The number of aromatic nitrogens is 2. The summed E-state index contributed by atoms with van der Waals surface area (Å²) in [4.78, 5) is 11.0. The van der Waals surface area contributed by atoms with Gasteiger partial charge in [-0.15, -0.1) is 0 Å². The summed E-state index contributed by atoms with van der Waals surface area (Å²) < 4.78 is 32.4. The van der Waals surface area contributed by atoms with Gasteiger partial charge in [-0.2, -0.15) is 5.26 Å². The molecule has 4 rings (SSSR count). The van der Waals surface area contributed by atoms with E-state index in [4.69, 9.17) is 10.00 Å². The zero-order valence-electron chi connectivity index (χ0n) is 15.1. The smallest absolute Gasteiger partial charge is 0.168 e. The summed E-state index contributed by atoms with van der Waals surface area (Å²) in [6.45, 7) is 3.26. The molecule has 0 atom stereocenters. The molecule has 140 valence electrons. The highest BCUT2D eigenvalue weighted by Crippen LogP contribution is 2.30. The number of benzene rings is 1. The highest BCUT2D eigenvalue weighted by Gasteiger charge is 2.21. The Kier molecular flexibility index (Phi) is 4.62. The number of rotatable bonds is 3. The molecule has 0 amide bonds. The third-order valence-corrected chi connectivity index (χ3v) is 4.62. The van der Waals surface area contributed by atoms with Crippen LogP contribution in [0, 0.1) is 29.9 Å². The quantitative estimate of drug-likeness (QED) is 0.680. The molecular formula is C21H16F2N4O. The number of halogens is 2. The van der Waals surface area contributed by atoms with E-state index in [9.17, 15) is 8.78 Å². The van der Waals surface area contributed by atoms with Crippen LogP contribution in [0.1, 0.15) is 22.4 Å². The van der Waals surface area contributed by atoms with Crippen molar-refractivity contribution in [2.45, 2.75) is 19.9 Å². The number of aryl methyl sites for hydroxylation is 1. The number of ether oxygens (including phenoxy) is 1. The van der Waals surface area contributed by atoms with Crippen LogP contribution >= 0.6 is 0 Å². The molecule has 0 N–H and O–H groups in total. The van der Waals surface area contributed by atoms with Crippen molar-refractivity contribution < 1.29 is 13.5 Å². The second-order valence-electron chi connectivity index (χ2n) is 6.60. The lowest BCUT2D eigenvalue weighted by molar-refractivity contribution is 0.434. The molecule has 0 saturated heterocycles. The third-order valence-electron chi connectivity index (χ3n) is 4.62. The van der Waals surface area contributed by atoms with Crippen molar-refractivity contribution in [3.63, 3.8) is 0 Å². The van der Waals surface area contributed by atoms with E-state index in [1.54, 1.807) is 12.4 Å². The van der Waals surface area contributed by atoms with Gasteiger partial charge < -0.3 is 9.64 Å². The average Bonchev–Trinajstić information content (AvgIpc) is 2.69. The van der Waals surface area contributed by atoms with E-state index < -0.39 is 11.6 Å². The summed E-state index contributed by atoms with van der Waals surface area (Å²) in [5.41, 5.74) is 3.36. The molecule has 1 aromatic carbocycles. The van der Waals surface area contributed by atoms with E-state index in [-0.39, 0.29) is 5.75 Å². The minimum absolute atomic E-state index is 0.0552. The fourth-order valence-electron chi connectivity index (χ4n) is 3.29. The monoisotopic (exact) mass is 378 g/mol. The van der Waals surface area contributed by atoms with Crippen LogP contribution in [0.4, 0.5) is 14.6 Å². The molecule has 0 bridgehead atoms. The number of nitrogens with zero attached hydrogens (tertiary/aromatic N) is 4. The van der Waals surface area contributed by atoms with Crippen LogP contribution in [0.15, 0.2) is 42.7 Å². The Morgan fingerprint density at radius 2 is 2.00 bits per heavy atom. The largest absolute Gasteiger partial charge is 0.453 e. The summed E-state index contributed by atoms with van der Waals surface area (Å²) in [6, 6.07) is 8.89. The molecule has 0 unspecified atom stereocenters. The summed E-state index contributed by atoms with van der Waals surface area (Å²) in [7, 11) is 0. The van der Waals surface area contributed by atoms with Crippen molar-refractivity contribution in [2.75, 3.05) is 11.4 Å². The fourth-order valence-corrected chi connectivity index (χ4v) is 3.29. The molecule has 1 aliphatic heterocycles. The lowest BCUT2D eigenvalue weighted by Crippen LogP contribution is -2.32. The molecule has 1 aliphatic rings. The van der Waals surface area contributed by atoms with Gasteiger partial charge in [-0.25, -0.2) is 13.8 Å². The van der Waals surface area contributed by atoms with Crippen LogP contribution in [0.5, 0.6) is 11.5 Å². The molecule has 2 aromatic heterocycles. The Morgan fingerprint density at radius 3 is 2.75 bits per heavy atom. The van der Waals surface area contributed by atoms with Crippen molar-refractivity contribution in [2.24, 2.45) is 0 Å². The molecule has 0 radical (unpaired) electrons. The molecule has 28 heavy (non-hydrogen) atoms. The predicted molar refractivity (Wildman–Crippen MR) is 99.1 cm³/mol. The van der Waals surface area contributed by atoms with Gasteiger partial charge in [0.1, 0.15) is 23.5 Å². The van der Waals surface area contributed by atoms with Crippen LogP contribution < -0.4 is 9.64 Å². The molecule has 0 aliphatic carbocycles. The van der Waals surface area contributed by atoms with Gasteiger partial charge in [0.25, 0.3) is 0 Å². The maximum Gasteiger partial charge on any atom is 0.168 e. The minimum atomic E-state index is -0.767. The van der Waals surface area contributed by atoms with Crippen LogP contribution in [0.2, 0.25) is 0 Å². The van der Waals surface area contributed by atoms with Crippen LogP contribution in [-0.4, -0.2) is 16.5 Å². The van der Waals surface area contributed by atoms with Crippen molar-refractivity contribution in [1.29, 1.82) is 5.26 Å². The van der Waals surface area contributed by atoms with Crippen LogP contribution in [0.3, 0.4) is 0 Å². The molecule has 3 aromatic rings. The standard InChI is InChI=1S/C21H16F2N4O/c1-13-6-14(9-24)10-26-21(13)27-5-4-19-15(12-27)7-17(11-25-19)28-20-3-2-16(22)8-18(20)23/h2-3,6-8,10-11H,4-5,12H2,1H3. The van der Waals surface area contributed by atoms with E-state index in [0.717, 1.165) is 47.7 Å². The van der Waals surface area contributed by atoms with Crippen molar-refractivity contribution in [3.8, 4) is 17.6 Å². The van der Waals surface area contributed by atoms with E-state index in [2.05, 4.69) is 20.9 Å². The Hall–Kier alpha value is -3.53. The maximum absolute atomic E-state index is 13.8. The number of anilines is 1. The van der Waals surface area contributed by atoms with E-state index in [1.165, 1.54) is 6.07 Å². The number of hydrogen-bond donors (Lipinski definition) is 0. The van der Waals surface area contributed by atoms with Gasteiger partial charge in [-0.1, -0.05) is 0 Å². The van der Waals surface area contributed by atoms with Crippen molar-refractivity contribution in [1.82, 2.24) is 9.97 Å². The lowest BCUT2D eigenvalue weighted by atomic mass is 10.0. The Balaban J connectivity index is 1.58. The molecule has 7 heteroatoms. The third kappa shape index (κ3) is 3.49. The average molecular weight is 378 g/mol. The summed E-state index contributed by atoms with van der Waals surface area (Å²) in [5, 5.41) is 9.01. The number of nitriles is 1. The fraction of sp³-hybridized carbons (Fsp3) is 0.190. The summed E-state index contributed by atoms with van der Waals surface area (Å²) in [6.07, 6.45) is 3.84. The van der Waals surface area contributed by atoms with Gasteiger partial charge in [0, 0.05) is 37.5 Å². The lowest BCUT2D eigenvalue weighted by Gasteiger charge is -2.30. The van der Waals surface area contributed by atoms with E-state index in [0.29, 0.717) is 17.9 Å². The van der Waals surface area contributed by atoms with E-state index in [1.807, 2.05) is 19.1 Å². The normalized spacial score (nSPS) is 13.0. The molecule has 0 fully saturated rings. The number of fused-ring (bicyclic) bond motifs is 1.